The topological polar surface area (TPSA) is 75.6 Å². The number of hydrogen-bond donors (Lipinski definition) is 2. The number of ether oxygens (including phenoxy) is 1. The van der Waals surface area contributed by atoms with Gasteiger partial charge in [-0.15, -0.1) is 0 Å². The zero-order valence-corrected chi connectivity index (χ0v) is 14.4. The highest BCUT2D eigenvalue weighted by atomic mass is 19.1. The number of hydrogen-bond acceptors (Lipinski definition) is 3. The summed E-state index contributed by atoms with van der Waals surface area (Å²) in [5.74, 6) is -1.53. The van der Waals surface area contributed by atoms with E-state index in [2.05, 4.69) is 5.32 Å². The van der Waals surface area contributed by atoms with E-state index < -0.39 is 11.8 Å². The summed E-state index contributed by atoms with van der Waals surface area (Å²) in [6.07, 6.45) is 0.925. The number of benzene rings is 2. The zero-order valence-electron chi connectivity index (χ0n) is 14.4. The Morgan fingerprint density at radius 2 is 1.73 bits per heavy atom. The summed E-state index contributed by atoms with van der Waals surface area (Å²) in [7, 11) is 0. The first-order chi connectivity index (χ1) is 12.5. The standard InChI is InChI=1S/C20H22FNO4/c21-17-8-4-5-9-18(17)26-13-12-19(23)22-16(10-11-20(24)25)14-15-6-2-1-3-7-15/h1-9,16H,10-14H2,(H,22,23)(H,24,25). The minimum absolute atomic E-state index is 0.0243. The average molecular weight is 359 g/mol. The molecule has 0 saturated carbocycles. The maximum atomic E-state index is 13.5. The molecule has 0 aliphatic rings. The number of carbonyl (C=O) groups excluding carboxylic acids is 1. The first-order valence-electron chi connectivity index (χ1n) is 8.47. The summed E-state index contributed by atoms with van der Waals surface area (Å²) in [5.41, 5.74) is 1.02. The van der Waals surface area contributed by atoms with Gasteiger partial charge in [-0.3, -0.25) is 9.59 Å². The summed E-state index contributed by atoms with van der Waals surface area (Å²) in [6.45, 7) is 0.0454. The number of carbonyl (C=O) groups is 2. The number of carboxylic acids is 1. The van der Waals surface area contributed by atoms with Crippen molar-refractivity contribution in [3.05, 3.63) is 66.0 Å². The Hall–Kier alpha value is -2.89. The van der Waals surface area contributed by atoms with Crippen LogP contribution in [0.25, 0.3) is 0 Å². The highest BCUT2D eigenvalue weighted by Gasteiger charge is 2.15. The Kier molecular flexibility index (Phi) is 7.61. The van der Waals surface area contributed by atoms with Crippen molar-refractivity contribution in [1.82, 2.24) is 5.32 Å². The molecule has 0 bridgehead atoms. The van der Waals surface area contributed by atoms with Gasteiger partial charge in [0.2, 0.25) is 5.91 Å². The van der Waals surface area contributed by atoms with Gasteiger partial charge in [0.25, 0.3) is 0 Å². The molecule has 2 rings (SSSR count). The predicted molar refractivity (Wildman–Crippen MR) is 95.5 cm³/mol. The maximum Gasteiger partial charge on any atom is 0.303 e. The zero-order chi connectivity index (χ0) is 18.8. The molecular weight excluding hydrogens is 337 g/mol. The van der Waals surface area contributed by atoms with Gasteiger partial charge in [-0.2, -0.15) is 0 Å². The van der Waals surface area contributed by atoms with Crippen molar-refractivity contribution in [3.8, 4) is 5.75 Å². The molecular formula is C20H22FNO4. The number of carboxylic acid groups (broad SMARTS) is 1. The molecule has 0 heterocycles. The van der Waals surface area contributed by atoms with Crippen molar-refractivity contribution in [3.63, 3.8) is 0 Å². The van der Waals surface area contributed by atoms with Gasteiger partial charge in [-0.05, 0) is 30.5 Å². The van der Waals surface area contributed by atoms with Crippen LogP contribution >= 0.6 is 0 Å². The molecule has 0 fully saturated rings. The fraction of sp³-hybridized carbons (Fsp3) is 0.300. The van der Waals surface area contributed by atoms with Crippen molar-refractivity contribution in [2.45, 2.75) is 31.7 Å². The Morgan fingerprint density at radius 3 is 2.42 bits per heavy atom. The Morgan fingerprint density at radius 1 is 1.04 bits per heavy atom. The number of halogens is 1. The van der Waals surface area contributed by atoms with E-state index >= 15 is 0 Å². The number of para-hydroxylation sites is 1. The Labute approximate surface area is 151 Å². The Bertz CT molecular complexity index is 721. The second-order valence-electron chi connectivity index (χ2n) is 5.92. The van der Waals surface area contributed by atoms with Crippen LogP contribution < -0.4 is 10.1 Å². The molecule has 0 aliphatic heterocycles. The number of rotatable bonds is 10. The van der Waals surface area contributed by atoms with E-state index in [0.29, 0.717) is 12.8 Å². The van der Waals surface area contributed by atoms with Crippen LogP contribution in [-0.2, 0) is 16.0 Å². The van der Waals surface area contributed by atoms with Crippen LogP contribution in [0.2, 0.25) is 0 Å². The van der Waals surface area contributed by atoms with Gasteiger partial charge in [0.15, 0.2) is 11.6 Å². The van der Waals surface area contributed by atoms with Gasteiger partial charge < -0.3 is 15.2 Å². The molecule has 2 aromatic carbocycles. The lowest BCUT2D eigenvalue weighted by molar-refractivity contribution is -0.137. The van der Waals surface area contributed by atoms with Crippen molar-refractivity contribution in [2.24, 2.45) is 0 Å². The first kappa shape index (κ1) is 19.4. The summed E-state index contributed by atoms with van der Waals surface area (Å²) in [5, 5.41) is 11.7. The molecule has 0 aliphatic carbocycles. The van der Waals surface area contributed by atoms with Gasteiger partial charge in [0, 0.05) is 12.5 Å². The second-order valence-corrected chi connectivity index (χ2v) is 5.92. The van der Waals surface area contributed by atoms with Gasteiger partial charge in [-0.1, -0.05) is 42.5 Å². The number of nitrogens with one attached hydrogen (secondary N) is 1. The van der Waals surface area contributed by atoms with Crippen molar-refractivity contribution in [1.29, 1.82) is 0 Å². The van der Waals surface area contributed by atoms with E-state index in [1.807, 2.05) is 30.3 Å². The molecule has 0 saturated heterocycles. The molecule has 1 unspecified atom stereocenters. The van der Waals surface area contributed by atoms with Crippen molar-refractivity contribution < 1.29 is 23.8 Å². The fourth-order valence-corrected chi connectivity index (χ4v) is 2.54. The molecule has 2 N–H and O–H groups in total. The van der Waals surface area contributed by atoms with Crippen LogP contribution in [0.5, 0.6) is 5.75 Å². The SMILES string of the molecule is O=C(O)CCC(Cc1ccccc1)NC(=O)CCOc1ccccc1F. The lowest BCUT2D eigenvalue weighted by Gasteiger charge is -2.18. The maximum absolute atomic E-state index is 13.5. The van der Waals surface area contributed by atoms with Gasteiger partial charge >= 0.3 is 5.97 Å². The van der Waals surface area contributed by atoms with Gasteiger partial charge in [0.05, 0.1) is 13.0 Å². The van der Waals surface area contributed by atoms with Crippen LogP contribution in [0.4, 0.5) is 4.39 Å². The van der Waals surface area contributed by atoms with Crippen LogP contribution in [0.3, 0.4) is 0 Å². The van der Waals surface area contributed by atoms with E-state index in [9.17, 15) is 14.0 Å². The molecule has 0 spiro atoms. The lowest BCUT2D eigenvalue weighted by atomic mass is 10.0. The summed E-state index contributed by atoms with van der Waals surface area (Å²) >= 11 is 0. The van der Waals surface area contributed by atoms with Crippen LogP contribution in [-0.4, -0.2) is 29.6 Å². The van der Waals surface area contributed by atoms with E-state index in [-0.39, 0.29) is 37.1 Å². The highest BCUT2D eigenvalue weighted by molar-refractivity contribution is 5.76. The molecule has 1 atom stereocenters. The van der Waals surface area contributed by atoms with Crippen LogP contribution in [0.1, 0.15) is 24.8 Å². The minimum atomic E-state index is -0.903. The molecule has 138 valence electrons. The molecule has 6 heteroatoms. The normalized spacial score (nSPS) is 11.6. The molecule has 26 heavy (non-hydrogen) atoms. The highest BCUT2D eigenvalue weighted by Crippen LogP contribution is 2.15. The Balaban J connectivity index is 1.84. The van der Waals surface area contributed by atoms with E-state index in [0.717, 1.165) is 5.56 Å². The lowest BCUT2D eigenvalue weighted by Crippen LogP contribution is -2.37. The number of aliphatic carboxylic acids is 1. The van der Waals surface area contributed by atoms with E-state index in [1.165, 1.54) is 12.1 Å². The van der Waals surface area contributed by atoms with Crippen molar-refractivity contribution >= 4 is 11.9 Å². The molecule has 1 amide bonds. The van der Waals surface area contributed by atoms with Crippen LogP contribution in [0.15, 0.2) is 54.6 Å². The smallest absolute Gasteiger partial charge is 0.303 e. The summed E-state index contributed by atoms with van der Waals surface area (Å²) in [6, 6.07) is 15.3. The van der Waals surface area contributed by atoms with Gasteiger partial charge in [-0.25, -0.2) is 4.39 Å². The molecule has 5 nitrogen and oxygen atoms in total. The largest absolute Gasteiger partial charge is 0.490 e. The van der Waals surface area contributed by atoms with E-state index in [1.54, 1.807) is 12.1 Å². The second kappa shape index (κ2) is 10.2. The fourth-order valence-electron chi connectivity index (χ4n) is 2.54. The van der Waals surface area contributed by atoms with E-state index in [4.69, 9.17) is 9.84 Å². The third-order valence-electron chi connectivity index (χ3n) is 3.82. The monoisotopic (exact) mass is 359 g/mol. The molecule has 2 aromatic rings. The van der Waals surface area contributed by atoms with Crippen LogP contribution in [0, 0.1) is 5.82 Å². The predicted octanol–water partition coefficient (Wildman–Crippen LogP) is 3.19. The van der Waals surface area contributed by atoms with Crippen molar-refractivity contribution in [2.75, 3.05) is 6.61 Å². The quantitative estimate of drug-likeness (QED) is 0.683. The summed E-state index contributed by atoms with van der Waals surface area (Å²) in [4.78, 5) is 23.0. The third-order valence-corrected chi connectivity index (χ3v) is 3.82. The minimum Gasteiger partial charge on any atom is -0.490 e. The molecule has 0 aromatic heterocycles. The average Bonchev–Trinajstić information content (AvgIpc) is 2.62. The number of amides is 1. The third kappa shape index (κ3) is 6.93. The van der Waals surface area contributed by atoms with Gasteiger partial charge in [0.1, 0.15) is 0 Å². The first-order valence-corrected chi connectivity index (χ1v) is 8.47. The molecule has 0 radical (unpaired) electrons. The summed E-state index contributed by atoms with van der Waals surface area (Å²) < 4.78 is 18.7.